The van der Waals surface area contributed by atoms with E-state index in [9.17, 15) is 5.11 Å². The Balaban J connectivity index is 2.20. The van der Waals surface area contributed by atoms with Crippen LogP contribution in [0.3, 0.4) is 0 Å². The highest BCUT2D eigenvalue weighted by molar-refractivity contribution is 4.82. The van der Waals surface area contributed by atoms with Gasteiger partial charge in [-0.05, 0) is 52.7 Å². The van der Waals surface area contributed by atoms with E-state index in [4.69, 9.17) is 0 Å². The molecular formula is C14H30N2O. The van der Waals surface area contributed by atoms with E-state index < -0.39 is 0 Å². The molecule has 0 amide bonds. The van der Waals surface area contributed by atoms with E-state index in [-0.39, 0.29) is 12.1 Å². The van der Waals surface area contributed by atoms with Crippen molar-refractivity contribution in [1.82, 2.24) is 10.2 Å². The van der Waals surface area contributed by atoms with Gasteiger partial charge in [0.1, 0.15) is 0 Å². The number of likely N-dealkylation sites (N-methyl/N-ethyl adjacent to an activating group) is 1. The molecule has 0 aromatic rings. The van der Waals surface area contributed by atoms with Gasteiger partial charge in [-0.2, -0.15) is 0 Å². The second-order valence-corrected chi connectivity index (χ2v) is 5.77. The highest BCUT2D eigenvalue weighted by atomic mass is 16.3. The van der Waals surface area contributed by atoms with Crippen molar-refractivity contribution in [2.24, 2.45) is 0 Å². The van der Waals surface area contributed by atoms with Crippen LogP contribution >= 0.6 is 0 Å². The molecular weight excluding hydrogens is 212 g/mol. The van der Waals surface area contributed by atoms with Crippen molar-refractivity contribution in [2.45, 2.75) is 64.0 Å². The molecule has 3 nitrogen and oxygen atoms in total. The standard InChI is InChI=1S/C14H30N2O/c1-4-15-14(2,12-17)10-7-11-16(3)13-8-5-6-9-13/h13,15,17H,4-12H2,1-3H3. The summed E-state index contributed by atoms with van der Waals surface area (Å²) in [6, 6.07) is 0.814. The molecule has 0 radical (unpaired) electrons. The average Bonchev–Trinajstić information content (AvgIpc) is 2.83. The average molecular weight is 242 g/mol. The SMILES string of the molecule is CCNC(C)(CO)CCCN(C)C1CCCC1. The first-order valence-corrected chi connectivity index (χ1v) is 7.17. The van der Waals surface area contributed by atoms with Crippen LogP contribution < -0.4 is 5.32 Å². The lowest BCUT2D eigenvalue weighted by molar-refractivity contribution is 0.156. The fourth-order valence-corrected chi connectivity index (χ4v) is 2.90. The molecule has 1 fully saturated rings. The van der Waals surface area contributed by atoms with Crippen molar-refractivity contribution >= 4 is 0 Å². The van der Waals surface area contributed by atoms with Crippen molar-refractivity contribution in [1.29, 1.82) is 0 Å². The maximum Gasteiger partial charge on any atom is 0.0610 e. The first-order valence-electron chi connectivity index (χ1n) is 7.17. The van der Waals surface area contributed by atoms with Crippen LogP contribution in [-0.4, -0.2) is 48.3 Å². The van der Waals surface area contributed by atoms with Gasteiger partial charge in [0.2, 0.25) is 0 Å². The van der Waals surface area contributed by atoms with E-state index in [1.165, 1.54) is 25.7 Å². The van der Waals surface area contributed by atoms with E-state index in [1.54, 1.807) is 0 Å². The lowest BCUT2D eigenvalue weighted by Crippen LogP contribution is -2.46. The third-order valence-electron chi connectivity index (χ3n) is 4.14. The van der Waals surface area contributed by atoms with Crippen LogP contribution in [0.5, 0.6) is 0 Å². The molecule has 1 rings (SSSR count). The van der Waals surface area contributed by atoms with Gasteiger partial charge in [0.05, 0.1) is 6.61 Å². The van der Waals surface area contributed by atoms with Crippen LogP contribution in [0.25, 0.3) is 0 Å². The summed E-state index contributed by atoms with van der Waals surface area (Å²) >= 11 is 0. The van der Waals surface area contributed by atoms with Crippen LogP contribution in [0.4, 0.5) is 0 Å². The Morgan fingerprint density at radius 1 is 1.35 bits per heavy atom. The van der Waals surface area contributed by atoms with Gasteiger partial charge >= 0.3 is 0 Å². The summed E-state index contributed by atoms with van der Waals surface area (Å²) < 4.78 is 0. The Bertz CT molecular complexity index is 204. The highest BCUT2D eigenvalue weighted by Gasteiger charge is 2.23. The van der Waals surface area contributed by atoms with Crippen molar-refractivity contribution in [3.63, 3.8) is 0 Å². The molecule has 102 valence electrons. The third-order valence-corrected chi connectivity index (χ3v) is 4.14. The second-order valence-electron chi connectivity index (χ2n) is 5.77. The summed E-state index contributed by atoms with van der Waals surface area (Å²) in [6.45, 7) is 6.53. The molecule has 1 unspecified atom stereocenters. The lowest BCUT2D eigenvalue weighted by atomic mass is 9.96. The Kier molecular flexibility index (Phi) is 6.45. The zero-order valence-electron chi connectivity index (χ0n) is 11.8. The molecule has 0 aliphatic heterocycles. The zero-order valence-corrected chi connectivity index (χ0v) is 11.8. The molecule has 1 aliphatic rings. The summed E-state index contributed by atoms with van der Waals surface area (Å²) in [7, 11) is 2.25. The molecule has 0 aromatic carbocycles. The van der Waals surface area contributed by atoms with E-state index >= 15 is 0 Å². The Hall–Kier alpha value is -0.120. The van der Waals surface area contributed by atoms with Crippen molar-refractivity contribution in [2.75, 3.05) is 26.7 Å². The predicted molar refractivity (Wildman–Crippen MR) is 73.3 cm³/mol. The molecule has 0 bridgehead atoms. The van der Waals surface area contributed by atoms with Gasteiger partial charge in [-0.3, -0.25) is 0 Å². The lowest BCUT2D eigenvalue weighted by Gasteiger charge is -2.30. The number of hydrogen-bond donors (Lipinski definition) is 2. The van der Waals surface area contributed by atoms with Crippen molar-refractivity contribution < 1.29 is 5.11 Å². The Labute approximate surface area is 107 Å². The van der Waals surface area contributed by atoms with Gasteiger partial charge in [0.25, 0.3) is 0 Å². The quantitative estimate of drug-likeness (QED) is 0.683. The van der Waals surface area contributed by atoms with Gasteiger partial charge in [-0.15, -0.1) is 0 Å². The van der Waals surface area contributed by atoms with Crippen LogP contribution in [-0.2, 0) is 0 Å². The van der Waals surface area contributed by atoms with Crippen LogP contribution in [0.15, 0.2) is 0 Å². The summed E-state index contributed by atoms with van der Waals surface area (Å²) in [4.78, 5) is 2.51. The molecule has 2 N–H and O–H groups in total. The molecule has 0 spiro atoms. The molecule has 1 saturated carbocycles. The van der Waals surface area contributed by atoms with E-state index in [1.807, 2.05) is 0 Å². The van der Waals surface area contributed by atoms with Crippen molar-refractivity contribution in [3.05, 3.63) is 0 Å². The minimum atomic E-state index is -0.0920. The summed E-state index contributed by atoms with van der Waals surface area (Å²) in [5.41, 5.74) is -0.0920. The normalized spacial score (nSPS) is 21.0. The highest BCUT2D eigenvalue weighted by Crippen LogP contribution is 2.23. The summed E-state index contributed by atoms with van der Waals surface area (Å²) in [6.07, 6.45) is 7.77. The molecule has 0 saturated heterocycles. The van der Waals surface area contributed by atoms with Gasteiger partial charge in [-0.1, -0.05) is 19.8 Å². The first kappa shape index (κ1) is 14.9. The Morgan fingerprint density at radius 2 is 2.00 bits per heavy atom. The maximum absolute atomic E-state index is 9.42. The monoisotopic (exact) mass is 242 g/mol. The van der Waals surface area contributed by atoms with Gasteiger partial charge in [0, 0.05) is 11.6 Å². The summed E-state index contributed by atoms with van der Waals surface area (Å²) in [5, 5.41) is 12.8. The van der Waals surface area contributed by atoms with Crippen LogP contribution in [0.2, 0.25) is 0 Å². The predicted octanol–water partition coefficient (Wildman–Crippen LogP) is 2.00. The number of hydrogen-bond acceptors (Lipinski definition) is 3. The van der Waals surface area contributed by atoms with Crippen molar-refractivity contribution in [3.8, 4) is 0 Å². The van der Waals surface area contributed by atoms with E-state index in [2.05, 4.69) is 31.1 Å². The number of nitrogens with zero attached hydrogens (tertiary/aromatic N) is 1. The van der Waals surface area contributed by atoms with Crippen LogP contribution in [0.1, 0.15) is 52.4 Å². The topological polar surface area (TPSA) is 35.5 Å². The first-order chi connectivity index (χ1) is 8.11. The number of rotatable bonds is 8. The smallest absolute Gasteiger partial charge is 0.0610 e. The number of aliphatic hydroxyl groups excluding tert-OH is 1. The van der Waals surface area contributed by atoms with E-state index in [0.717, 1.165) is 32.0 Å². The number of aliphatic hydroxyl groups is 1. The molecule has 0 heterocycles. The molecule has 1 atom stereocenters. The zero-order chi connectivity index (χ0) is 12.7. The minimum absolute atomic E-state index is 0.0920. The largest absolute Gasteiger partial charge is 0.394 e. The van der Waals surface area contributed by atoms with Gasteiger partial charge in [-0.25, -0.2) is 0 Å². The molecule has 0 aromatic heterocycles. The van der Waals surface area contributed by atoms with Gasteiger partial charge < -0.3 is 15.3 Å². The van der Waals surface area contributed by atoms with Crippen LogP contribution in [0, 0.1) is 0 Å². The molecule has 17 heavy (non-hydrogen) atoms. The second kappa shape index (κ2) is 7.34. The van der Waals surface area contributed by atoms with Gasteiger partial charge in [0.15, 0.2) is 0 Å². The van der Waals surface area contributed by atoms with E-state index in [0.29, 0.717) is 0 Å². The fraction of sp³-hybridized carbons (Fsp3) is 1.00. The molecule has 1 aliphatic carbocycles. The summed E-state index contributed by atoms with van der Waals surface area (Å²) in [5.74, 6) is 0. The minimum Gasteiger partial charge on any atom is -0.394 e. The fourth-order valence-electron chi connectivity index (χ4n) is 2.90. The maximum atomic E-state index is 9.42. The Morgan fingerprint density at radius 3 is 2.53 bits per heavy atom. The third kappa shape index (κ3) is 4.94. The molecule has 3 heteroatoms. The number of nitrogens with one attached hydrogen (secondary N) is 1.